The molecule has 0 aliphatic carbocycles. The first-order chi connectivity index (χ1) is 14.7. The summed E-state index contributed by atoms with van der Waals surface area (Å²) >= 11 is 0. The molecule has 1 saturated heterocycles. The third kappa shape index (κ3) is 5.77. The molecule has 7 heteroatoms. The Kier molecular flexibility index (Phi) is 7.59. The first-order valence-corrected chi connectivity index (χ1v) is 12.2. The minimum atomic E-state index is -3.94. The summed E-state index contributed by atoms with van der Waals surface area (Å²) in [6.45, 7) is 9.85. The van der Waals surface area contributed by atoms with E-state index in [2.05, 4.69) is 0 Å². The van der Waals surface area contributed by atoms with Gasteiger partial charge in [0, 0.05) is 19.8 Å². The Morgan fingerprint density at radius 1 is 1.13 bits per heavy atom. The Labute approximate surface area is 185 Å². The van der Waals surface area contributed by atoms with Crippen molar-refractivity contribution < 1.29 is 22.3 Å². The van der Waals surface area contributed by atoms with E-state index < -0.39 is 15.8 Å². The van der Waals surface area contributed by atoms with E-state index in [1.54, 1.807) is 0 Å². The van der Waals surface area contributed by atoms with Crippen LogP contribution in [0.25, 0.3) is 0 Å². The van der Waals surface area contributed by atoms with E-state index in [1.165, 1.54) is 16.4 Å². The number of halogens is 1. The van der Waals surface area contributed by atoms with E-state index in [-0.39, 0.29) is 16.6 Å². The lowest BCUT2D eigenvalue weighted by Crippen LogP contribution is -2.35. The van der Waals surface area contributed by atoms with Crippen LogP contribution in [0.1, 0.15) is 37.8 Å². The normalized spacial score (nSPS) is 15.3. The molecule has 1 fully saturated rings. The lowest BCUT2D eigenvalue weighted by atomic mass is 10.0. The predicted molar refractivity (Wildman–Crippen MR) is 121 cm³/mol. The number of aryl methyl sites for hydroxylation is 2. The minimum Gasteiger partial charge on any atom is -0.490 e. The van der Waals surface area contributed by atoms with Crippen LogP contribution in [-0.2, 0) is 14.8 Å². The SMILES string of the molecule is Cc1ccc(N(CC(C)C)S(=O)(=O)c2ccc(OCC3CCOCC3)c(F)c2)c(C)c1. The molecule has 0 aromatic heterocycles. The Balaban J connectivity index is 1.86. The molecule has 0 saturated carbocycles. The molecule has 1 aliphatic rings. The quantitative estimate of drug-likeness (QED) is 0.563. The van der Waals surface area contributed by atoms with E-state index in [0.717, 1.165) is 30.0 Å². The van der Waals surface area contributed by atoms with Gasteiger partial charge in [-0.3, -0.25) is 4.31 Å². The van der Waals surface area contributed by atoms with Gasteiger partial charge >= 0.3 is 0 Å². The van der Waals surface area contributed by atoms with Gasteiger partial charge in [0.1, 0.15) is 0 Å². The highest BCUT2D eigenvalue weighted by atomic mass is 32.2. The van der Waals surface area contributed by atoms with Crippen LogP contribution in [0.5, 0.6) is 5.75 Å². The van der Waals surface area contributed by atoms with Gasteiger partial charge in [-0.25, -0.2) is 12.8 Å². The van der Waals surface area contributed by atoms with E-state index in [4.69, 9.17) is 9.47 Å². The zero-order valence-corrected chi connectivity index (χ0v) is 19.5. The fourth-order valence-electron chi connectivity index (χ4n) is 3.75. The van der Waals surface area contributed by atoms with Crippen molar-refractivity contribution >= 4 is 15.7 Å². The van der Waals surface area contributed by atoms with E-state index in [1.807, 2.05) is 45.9 Å². The van der Waals surface area contributed by atoms with E-state index >= 15 is 0 Å². The molecule has 0 bridgehead atoms. The molecular weight excluding hydrogens is 417 g/mol. The van der Waals surface area contributed by atoms with Crippen molar-refractivity contribution in [1.29, 1.82) is 0 Å². The van der Waals surface area contributed by atoms with Crippen LogP contribution in [0.4, 0.5) is 10.1 Å². The van der Waals surface area contributed by atoms with Gasteiger partial charge in [-0.05, 0) is 68.4 Å². The maximum atomic E-state index is 14.8. The largest absolute Gasteiger partial charge is 0.490 e. The first-order valence-electron chi connectivity index (χ1n) is 10.8. The molecule has 1 aliphatic heterocycles. The molecular formula is C24H32FNO4S. The second kappa shape index (κ2) is 10.0. The van der Waals surface area contributed by atoms with Crippen molar-refractivity contribution in [1.82, 2.24) is 0 Å². The van der Waals surface area contributed by atoms with Crippen LogP contribution < -0.4 is 9.04 Å². The van der Waals surface area contributed by atoms with Crippen molar-refractivity contribution in [3.8, 4) is 5.75 Å². The number of ether oxygens (including phenoxy) is 2. The highest BCUT2D eigenvalue weighted by Gasteiger charge is 2.28. The Bertz CT molecular complexity index is 1000. The number of nitrogens with zero attached hydrogens (tertiary/aromatic N) is 1. The summed E-state index contributed by atoms with van der Waals surface area (Å²) in [7, 11) is -3.94. The van der Waals surface area contributed by atoms with Gasteiger partial charge in [0.05, 0.1) is 17.2 Å². The van der Waals surface area contributed by atoms with Gasteiger partial charge in [0.15, 0.2) is 11.6 Å². The maximum absolute atomic E-state index is 14.8. The van der Waals surface area contributed by atoms with Crippen LogP contribution in [0.3, 0.4) is 0 Å². The third-order valence-electron chi connectivity index (χ3n) is 5.46. The second-order valence-corrected chi connectivity index (χ2v) is 10.5. The summed E-state index contributed by atoms with van der Waals surface area (Å²) in [6, 6.07) is 9.55. The monoisotopic (exact) mass is 449 g/mol. The molecule has 0 spiro atoms. The minimum absolute atomic E-state index is 0.0763. The van der Waals surface area contributed by atoms with Crippen LogP contribution in [0.2, 0.25) is 0 Å². The average molecular weight is 450 g/mol. The summed E-state index contributed by atoms with van der Waals surface area (Å²) in [5.74, 6) is -0.171. The zero-order valence-electron chi connectivity index (χ0n) is 18.7. The molecule has 2 aromatic rings. The molecule has 0 radical (unpaired) electrons. The summed E-state index contributed by atoms with van der Waals surface area (Å²) in [5, 5.41) is 0. The maximum Gasteiger partial charge on any atom is 0.264 e. The third-order valence-corrected chi connectivity index (χ3v) is 7.23. The van der Waals surface area contributed by atoms with Gasteiger partial charge in [-0.1, -0.05) is 31.5 Å². The average Bonchev–Trinajstić information content (AvgIpc) is 2.72. The lowest BCUT2D eigenvalue weighted by molar-refractivity contribution is 0.0491. The molecule has 3 rings (SSSR count). The Hall–Kier alpha value is -2.12. The molecule has 0 amide bonds. The number of hydrogen-bond donors (Lipinski definition) is 0. The molecule has 1 heterocycles. The fraction of sp³-hybridized carbons (Fsp3) is 0.500. The number of hydrogen-bond acceptors (Lipinski definition) is 4. The van der Waals surface area contributed by atoms with Crippen LogP contribution >= 0.6 is 0 Å². The lowest BCUT2D eigenvalue weighted by Gasteiger charge is -2.28. The van der Waals surface area contributed by atoms with Gasteiger partial charge in [-0.2, -0.15) is 0 Å². The fourth-order valence-corrected chi connectivity index (χ4v) is 5.45. The van der Waals surface area contributed by atoms with Crippen LogP contribution in [0, 0.1) is 31.5 Å². The number of rotatable bonds is 8. The molecule has 0 atom stereocenters. The highest BCUT2D eigenvalue weighted by Crippen LogP contribution is 2.31. The standard InChI is InChI=1S/C24H32FNO4S/c1-17(2)15-26(23-7-5-18(3)13-19(23)4)31(27,28)21-6-8-24(22(25)14-21)30-16-20-9-11-29-12-10-20/h5-8,13-14,17,20H,9-12,15-16H2,1-4H3. The number of sulfonamides is 1. The topological polar surface area (TPSA) is 55.8 Å². The summed E-state index contributed by atoms with van der Waals surface area (Å²) in [4.78, 5) is -0.0796. The second-order valence-electron chi connectivity index (χ2n) is 8.68. The van der Waals surface area contributed by atoms with E-state index in [0.29, 0.717) is 38.0 Å². The summed E-state index contributed by atoms with van der Waals surface area (Å²) in [5.41, 5.74) is 2.53. The summed E-state index contributed by atoms with van der Waals surface area (Å²) < 4.78 is 54.1. The van der Waals surface area contributed by atoms with Crippen molar-refractivity contribution in [2.75, 3.05) is 30.7 Å². The molecule has 2 aromatic carbocycles. The predicted octanol–water partition coefficient (Wildman–Crippen LogP) is 5.10. The van der Waals surface area contributed by atoms with Crippen molar-refractivity contribution in [3.05, 3.63) is 53.3 Å². The molecule has 31 heavy (non-hydrogen) atoms. The zero-order chi connectivity index (χ0) is 22.6. The van der Waals surface area contributed by atoms with Crippen LogP contribution in [-0.4, -0.2) is 34.8 Å². The van der Waals surface area contributed by atoms with Crippen molar-refractivity contribution in [2.24, 2.45) is 11.8 Å². The first kappa shape index (κ1) is 23.5. The highest BCUT2D eigenvalue weighted by molar-refractivity contribution is 7.92. The number of benzene rings is 2. The Morgan fingerprint density at radius 3 is 2.45 bits per heavy atom. The molecule has 0 unspecified atom stereocenters. The number of anilines is 1. The molecule has 5 nitrogen and oxygen atoms in total. The Morgan fingerprint density at radius 2 is 1.84 bits per heavy atom. The van der Waals surface area contributed by atoms with Gasteiger partial charge in [-0.15, -0.1) is 0 Å². The van der Waals surface area contributed by atoms with Gasteiger partial charge in [0.2, 0.25) is 0 Å². The van der Waals surface area contributed by atoms with Crippen molar-refractivity contribution in [3.63, 3.8) is 0 Å². The van der Waals surface area contributed by atoms with Crippen LogP contribution in [0.15, 0.2) is 41.3 Å². The van der Waals surface area contributed by atoms with E-state index in [9.17, 15) is 12.8 Å². The molecule has 0 N–H and O–H groups in total. The summed E-state index contributed by atoms with van der Waals surface area (Å²) in [6.07, 6.45) is 1.77. The van der Waals surface area contributed by atoms with Gasteiger partial charge < -0.3 is 9.47 Å². The molecule has 170 valence electrons. The smallest absolute Gasteiger partial charge is 0.264 e. The van der Waals surface area contributed by atoms with Gasteiger partial charge in [0.25, 0.3) is 10.0 Å². The van der Waals surface area contributed by atoms with Crippen molar-refractivity contribution in [2.45, 2.75) is 45.4 Å².